The highest BCUT2D eigenvalue weighted by molar-refractivity contribution is 7.12. The molecule has 98 valence electrons. The molecule has 0 aliphatic carbocycles. The maximum atomic E-state index is 6.01. The van der Waals surface area contributed by atoms with E-state index in [1.54, 1.807) is 11.3 Å². The summed E-state index contributed by atoms with van der Waals surface area (Å²) in [5, 5.41) is 0. The van der Waals surface area contributed by atoms with Gasteiger partial charge in [0.05, 0.1) is 11.6 Å². The molecule has 1 unspecified atom stereocenters. The highest BCUT2D eigenvalue weighted by atomic mass is 32.1. The summed E-state index contributed by atoms with van der Waals surface area (Å²) in [6.45, 7) is 9.17. The number of hydrogen-bond acceptors (Lipinski definition) is 4. The Labute approximate surface area is 108 Å². The van der Waals surface area contributed by atoms with Crippen molar-refractivity contribution in [1.82, 2.24) is 5.43 Å². The van der Waals surface area contributed by atoms with Gasteiger partial charge in [0.25, 0.3) is 0 Å². The molecule has 3 nitrogen and oxygen atoms in total. The molecule has 1 atom stereocenters. The molecule has 0 aliphatic rings. The first-order valence-electron chi connectivity index (χ1n) is 6.29. The highest BCUT2D eigenvalue weighted by Crippen LogP contribution is 2.37. The van der Waals surface area contributed by atoms with E-state index >= 15 is 0 Å². The summed E-state index contributed by atoms with van der Waals surface area (Å²) in [4.78, 5) is 2.56. The predicted octanol–water partition coefficient (Wildman–Crippen LogP) is 3.16. The van der Waals surface area contributed by atoms with Gasteiger partial charge in [-0.2, -0.15) is 0 Å². The number of thiophene rings is 1. The summed E-state index contributed by atoms with van der Waals surface area (Å²) >= 11 is 1.78. The molecular weight excluding hydrogens is 232 g/mol. The molecule has 0 saturated carbocycles. The monoisotopic (exact) mass is 256 g/mol. The normalized spacial score (nSPS) is 13.9. The first-order chi connectivity index (χ1) is 8.13. The van der Waals surface area contributed by atoms with Gasteiger partial charge in [-0.3, -0.25) is 5.84 Å². The molecule has 1 heterocycles. The van der Waals surface area contributed by atoms with E-state index in [0.29, 0.717) is 6.61 Å². The second kappa shape index (κ2) is 6.50. The van der Waals surface area contributed by atoms with Crippen molar-refractivity contribution in [3.63, 3.8) is 0 Å². The number of nitrogens with two attached hydrogens (primary N) is 1. The van der Waals surface area contributed by atoms with Gasteiger partial charge in [-0.15, -0.1) is 11.3 Å². The number of hydrogen-bond donors (Lipinski definition) is 2. The van der Waals surface area contributed by atoms with Crippen molar-refractivity contribution >= 4 is 11.3 Å². The zero-order valence-corrected chi connectivity index (χ0v) is 12.1. The summed E-state index contributed by atoms with van der Waals surface area (Å²) in [6, 6.07) is 4.34. The number of aryl methyl sites for hydroxylation is 1. The van der Waals surface area contributed by atoms with Crippen LogP contribution < -0.4 is 11.3 Å². The minimum Gasteiger partial charge on any atom is -0.373 e. The van der Waals surface area contributed by atoms with Crippen molar-refractivity contribution in [2.75, 3.05) is 6.61 Å². The lowest BCUT2D eigenvalue weighted by molar-refractivity contribution is -0.0726. The van der Waals surface area contributed by atoms with E-state index in [4.69, 9.17) is 10.6 Å². The van der Waals surface area contributed by atoms with E-state index in [1.165, 1.54) is 9.75 Å². The van der Waals surface area contributed by atoms with E-state index in [0.717, 1.165) is 12.8 Å². The van der Waals surface area contributed by atoms with Crippen LogP contribution in [-0.4, -0.2) is 12.2 Å². The van der Waals surface area contributed by atoms with E-state index in [-0.39, 0.29) is 11.6 Å². The molecule has 0 amide bonds. The number of rotatable bonds is 7. The molecule has 17 heavy (non-hydrogen) atoms. The zero-order valence-electron chi connectivity index (χ0n) is 11.2. The Morgan fingerprint density at radius 2 is 2.00 bits per heavy atom. The summed E-state index contributed by atoms with van der Waals surface area (Å²) < 4.78 is 6.01. The molecular formula is C13H24N2OS. The fourth-order valence-electron chi connectivity index (χ4n) is 2.34. The average Bonchev–Trinajstić information content (AvgIpc) is 2.75. The van der Waals surface area contributed by atoms with Crippen LogP contribution in [0.1, 0.15) is 49.4 Å². The van der Waals surface area contributed by atoms with E-state index < -0.39 is 0 Å². The molecule has 0 bridgehead atoms. The van der Waals surface area contributed by atoms with Gasteiger partial charge in [0.1, 0.15) is 0 Å². The maximum Gasteiger partial charge on any atom is 0.0891 e. The second-order valence-corrected chi connectivity index (χ2v) is 5.57. The van der Waals surface area contributed by atoms with E-state index in [2.05, 4.69) is 38.3 Å². The fraction of sp³-hybridized carbons (Fsp3) is 0.692. The highest BCUT2D eigenvalue weighted by Gasteiger charge is 2.37. The second-order valence-electron chi connectivity index (χ2n) is 4.25. The van der Waals surface area contributed by atoms with Gasteiger partial charge < -0.3 is 4.74 Å². The molecule has 0 saturated heterocycles. The molecule has 0 fully saturated rings. The number of ether oxygens (including phenoxy) is 1. The van der Waals surface area contributed by atoms with Gasteiger partial charge in [0.2, 0.25) is 0 Å². The van der Waals surface area contributed by atoms with Crippen LogP contribution in [0.2, 0.25) is 0 Å². The Bertz CT molecular complexity index is 334. The topological polar surface area (TPSA) is 47.3 Å². The molecule has 1 aromatic rings. The van der Waals surface area contributed by atoms with Crippen LogP contribution in [0.25, 0.3) is 0 Å². The smallest absolute Gasteiger partial charge is 0.0891 e. The summed E-state index contributed by atoms with van der Waals surface area (Å²) in [5.41, 5.74) is 2.74. The van der Waals surface area contributed by atoms with E-state index in [9.17, 15) is 0 Å². The Morgan fingerprint density at radius 1 is 1.35 bits per heavy atom. The van der Waals surface area contributed by atoms with Crippen LogP contribution >= 0.6 is 11.3 Å². The first kappa shape index (κ1) is 14.6. The molecule has 0 radical (unpaired) electrons. The Kier molecular flexibility index (Phi) is 5.59. The van der Waals surface area contributed by atoms with Crippen LogP contribution in [-0.2, 0) is 4.74 Å². The molecule has 0 aliphatic heterocycles. The minimum atomic E-state index is -0.208. The number of hydrazine groups is 1. The summed E-state index contributed by atoms with van der Waals surface area (Å²) in [7, 11) is 0. The van der Waals surface area contributed by atoms with Gasteiger partial charge >= 0.3 is 0 Å². The third kappa shape index (κ3) is 3.07. The standard InChI is InChI=1S/C13H24N2OS/c1-5-13(6-2,16-7-3)12(15-14)11-9-8-10(4)17-11/h8-9,12,15H,5-7,14H2,1-4H3. The average molecular weight is 256 g/mol. The molecule has 1 rings (SSSR count). The van der Waals surface area contributed by atoms with Crippen LogP contribution in [0.3, 0.4) is 0 Å². The van der Waals surface area contributed by atoms with Gasteiger partial charge in [0, 0.05) is 16.4 Å². The van der Waals surface area contributed by atoms with Crippen LogP contribution in [0.4, 0.5) is 0 Å². The van der Waals surface area contributed by atoms with Crippen molar-refractivity contribution in [2.45, 2.75) is 52.2 Å². The molecule has 3 N–H and O–H groups in total. The van der Waals surface area contributed by atoms with Gasteiger partial charge in [-0.05, 0) is 38.8 Å². The lowest BCUT2D eigenvalue weighted by Crippen LogP contribution is -2.47. The van der Waals surface area contributed by atoms with Crippen LogP contribution in [0.15, 0.2) is 12.1 Å². The van der Waals surface area contributed by atoms with Gasteiger partial charge in [-0.25, -0.2) is 5.43 Å². The first-order valence-corrected chi connectivity index (χ1v) is 7.11. The molecule has 4 heteroatoms. The third-order valence-electron chi connectivity index (χ3n) is 3.37. The predicted molar refractivity (Wildman–Crippen MR) is 74.1 cm³/mol. The fourth-order valence-corrected chi connectivity index (χ4v) is 3.38. The van der Waals surface area contributed by atoms with E-state index in [1.807, 2.05) is 6.92 Å². The maximum absolute atomic E-state index is 6.01. The summed E-state index contributed by atoms with van der Waals surface area (Å²) in [6.07, 6.45) is 1.90. The van der Waals surface area contributed by atoms with Crippen LogP contribution in [0, 0.1) is 6.92 Å². The van der Waals surface area contributed by atoms with Crippen molar-refractivity contribution in [3.8, 4) is 0 Å². The molecule has 1 aromatic heterocycles. The summed E-state index contributed by atoms with van der Waals surface area (Å²) in [5.74, 6) is 5.76. The molecule has 0 spiro atoms. The largest absolute Gasteiger partial charge is 0.373 e. The third-order valence-corrected chi connectivity index (χ3v) is 4.43. The Hall–Kier alpha value is -0.420. The van der Waals surface area contributed by atoms with Crippen molar-refractivity contribution in [1.29, 1.82) is 0 Å². The Balaban J connectivity index is 3.04. The van der Waals surface area contributed by atoms with Crippen molar-refractivity contribution in [2.24, 2.45) is 5.84 Å². The van der Waals surface area contributed by atoms with Crippen LogP contribution in [0.5, 0.6) is 0 Å². The van der Waals surface area contributed by atoms with Crippen molar-refractivity contribution in [3.05, 3.63) is 21.9 Å². The van der Waals surface area contributed by atoms with Crippen molar-refractivity contribution < 1.29 is 4.74 Å². The van der Waals surface area contributed by atoms with Gasteiger partial charge in [-0.1, -0.05) is 13.8 Å². The molecule has 0 aromatic carbocycles. The lowest BCUT2D eigenvalue weighted by Gasteiger charge is -2.38. The lowest BCUT2D eigenvalue weighted by atomic mass is 9.87. The number of nitrogens with one attached hydrogen (secondary N) is 1. The quantitative estimate of drug-likeness (QED) is 0.582. The SMILES string of the molecule is CCOC(CC)(CC)C(NN)c1ccc(C)s1. The minimum absolute atomic E-state index is 0.0659. The zero-order chi connectivity index (χ0) is 12.9. The van der Waals surface area contributed by atoms with Gasteiger partial charge in [0.15, 0.2) is 0 Å². The Morgan fingerprint density at radius 3 is 2.35 bits per heavy atom.